The molecule has 1 heterocycles. The van der Waals surface area contributed by atoms with Gasteiger partial charge in [-0.2, -0.15) is 0 Å². The van der Waals surface area contributed by atoms with E-state index in [-0.39, 0.29) is 22.3 Å². The molecule has 0 amide bonds. The van der Waals surface area contributed by atoms with Crippen molar-refractivity contribution < 1.29 is 8.85 Å². The quantitative estimate of drug-likeness (QED) is 0.470. The molecule has 0 bridgehead atoms. The largest absolute Gasteiger partial charge is 0.410 e. The molecule has 25 heavy (non-hydrogen) atoms. The molecule has 0 aliphatic carbocycles. The van der Waals surface area contributed by atoms with E-state index in [4.69, 9.17) is 15.3 Å². The molecule has 1 saturated heterocycles. The van der Waals surface area contributed by atoms with E-state index < -0.39 is 16.6 Å². The highest BCUT2D eigenvalue weighted by molar-refractivity contribution is 6.74. The summed E-state index contributed by atoms with van der Waals surface area (Å²) in [6.45, 7) is 25.9. The molecule has 1 aliphatic heterocycles. The molecule has 0 aromatic rings. The Bertz CT molecular complexity index is 447. The van der Waals surface area contributed by atoms with Gasteiger partial charge in [-0.1, -0.05) is 41.5 Å². The maximum absolute atomic E-state index is 6.79. The lowest BCUT2D eigenvalue weighted by Gasteiger charge is -2.43. The Kier molecular flexibility index (Phi) is 7.20. The molecule has 1 aliphatic rings. The molecule has 0 radical (unpaired) electrons. The third-order valence-electron chi connectivity index (χ3n) is 6.37. The van der Waals surface area contributed by atoms with Gasteiger partial charge in [0.2, 0.25) is 0 Å². The van der Waals surface area contributed by atoms with E-state index in [9.17, 15) is 0 Å². The van der Waals surface area contributed by atoms with Gasteiger partial charge in [-0.25, -0.2) is 0 Å². The summed E-state index contributed by atoms with van der Waals surface area (Å²) in [5.74, 6) is 2.76. The number of rotatable bonds is 6. The molecular weight excluding hydrogens is 342 g/mol. The van der Waals surface area contributed by atoms with Crippen molar-refractivity contribution in [2.75, 3.05) is 19.6 Å². The summed E-state index contributed by atoms with van der Waals surface area (Å²) < 4.78 is 13.6. The first kappa shape index (κ1) is 22.9. The van der Waals surface area contributed by atoms with Gasteiger partial charge in [0.05, 0.1) is 12.2 Å². The van der Waals surface area contributed by atoms with E-state index in [2.05, 4.69) is 78.6 Å². The van der Waals surface area contributed by atoms with Gasteiger partial charge in [0.15, 0.2) is 16.6 Å². The molecule has 0 N–H and O–H groups in total. The Morgan fingerprint density at radius 2 is 1.24 bits per heavy atom. The molecule has 2 atom stereocenters. The third kappa shape index (κ3) is 5.93. The van der Waals surface area contributed by atoms with Crippen LogP contribution >= 0.6 is 0 Å². The highest BCUT2D eigenvalue weighted by Crippen LogP contribution is 2.41. The van der Waals surface area contributed by atoms with Gasteiger partial charge in [-0.3, -0.25) is 4.90 Å². The summed E-state index contributed by atoms with van der Waals surface area (Å²) in [5.41, 5.74) is 0. The second kappa shape index (κ2) is 7.86. The van der Waals surface area contributed by atoms with Crippen LogP contribution in [0.15, 0.2) is 0 Å². The molecule has 1 fully saturated rings. The Morgan fingerprint density at radius 1 is 0.880 bits per heavy atom. The van der Waals surface area contributed by atoms with Crippen LogP contribution in [-0.2, 0) is 8.85 Å². The van der Waals surface area contributed by atoms with Gasteiger partial charge < -0.3 is 8.85 Å². The van der Waals surface area contributed by atoms with Gasteiger partial charge in [0, 0.05) is 26.1 Å². The maximum Gasteiger partial charge on any atom is 0.192 e. The fraction of sp³-hybridized carbons (Fsp3) is 0.900. The summed E-state index contributed by atoms with van der Waals surface area (Å²) in [4.78, 5) is 2.43. The summed E-state index contributed by atoms with van der Waals surface area (Å²) in [6, 6.07) is 0. The lowest BCUT2D eigenvalue weighted by Crippen LogP contribution is -2.51. The van der Waals surface area contributed by atoms with Crippen molar-refractivity contribution >= 4 is 16.6 Å². The second-order valence-corrected chi connectivity index (χ2v) is 20.1. The first-order valence-corrected chi connectivity index (χ1v) is 15.4. The second-order valence-electron chi connectivity index (χ2n) is 10.5. The van der Waals surface area contributed by atoms with Crippen molar-refractivity contribution in [3.63, 3.8) is 0 Å². The first-order chi connectivity index (χ1) is 11.1. The van der Waals surface area contributed by atoms with Gasteiger partial charge >= 0.3 is 0 Å². The Hall–Kier alpha value is -0.126. The summed E-state index contributed by atoms with van der Waals surface area (Å²) in [7, 11) is -3.65. The molecule has 1 rings (SSSR count). The summed E-state index contributed by atoms with van der Waals surface area (Å²) in [6.07, 6.45) is 6.58. The predicted octanol–water partition coefficient (Wildman–Crippen LogP) is 5.11. The van der Waals surface area contributed by atoms with Crippen molar-refractivity contribution in [3.8, 4) is 12.3 Å². The highest BCUT2D eigenvalue weighted by atomic mass is 28.4. The molecule has 0 aromatic heterocycles. The number of terminal acetylenes is 1. The Labute approximate surface area is 159 Å². The normalized spacial score (nSPS) is 23.7. The zero-order chi connectivity index (χ0) is 19.7. The zero-order valence-electron chi connectivity index (χ0n) is 18.3. The summed E-state index contributed by atoms with van der Waals surface area (Å²) >= 11 is 0. The molecule has 0 spiro atoms. The minimum Gasteiger partial charge on any atom is -0.410 e. The van der Waals surface area contributed by atoms with Crippen LogP contribution < -0.4 is 0 Å². The first-order valence-electron chi connectivity index (χ1n) is 9.62. The van der Waals surface area contributed by atoms with E-state index >= 15 is 0 Å². The van der Waals surface area contributed by atoms with Crippen molar-refractivity contribution in [1.29, 1.82) is 0 Å². The number of hydrogen-bond acceptors (Lipinski definition) is 3. The highest BCUT2D eigenvalue weighted by Gasteiger charge is 2.47. The van der Waals surface area contributed by atoms with Gasteiger partial charge in [-0.15, -0.1) is 12.3 Å². The van der Waals surface area contributed by atoms with Gasteiger partial charge in [-0.05, 0) is 36.3 Å². The molecule has 0 unspecified atom stereocenters. The van der Waals surface area contributed by atoms with Crippen LogP contribution in [0.4, 0.5) is 0 Å². The van der Waals surface area contributed by atoms with E-state index in [1.54, 1.807) is 0 Å². The Balaban J connectivity index is 2.95. The zero-order valence-corrected chi connectivity index (χ0v) is 20.3. The number of hydrogen-bond donors (Lipinski definition) is 0. The van der Waals surface area contributed by atoms with Crippen LogP contribution in [0.1, 0.15) is 48.0 Å². The molecule has 0 aromatic carbocycles. The average Bonchev–Trinajstić information content (AvgIpc) is 2.74. The monoisotopic (exact) mass is 383 g/mol. The minimum atomic E-state index is -1.83. The van der Waals surface area contributed by atoms with E-state index in [1.165, 1.54) is 0 Å². The van der Waals surface area contributed by atoms with Crippen LogP contribution in [0, 0.1) is 12.3 Å². The third-order valence-corrected chi connectivity index (χ3v) is 15.4. The lowest BCUT2D eigenvalue weighted by molar-refractivity contribution is 0.0713. The fourth-order valence-corrected chi connectivity index (χ4v) is 5.23. The smallest absolute Gasteiger partial charge is 0.192 e. The maximum atomic E-state index is 6.79. The van der Waals surface area contributed by atoms with Crippen molar-refractivity contribution in [1.82, 2.24) is 4.90 Å². The molecule has 146 valence electrons. The van der Waals surface area contributed by atoms with Crippen molar-refractivity contribution in [3.05, 3.63) is 0 Å². The van der Waals surface area contributed by atoms with Crippen LogP contribution in [0.2, 0.25) is 36.3 Å². The van der Waals surface area contributed by atoms with E-state index in [1.807, 2.05) is 0 Å². The SMILES string of the molecule is C#CCCN1C[C@H](O[Si](C)(C)C(C)(C)C)[C@@H](O[Si](C)(C)C(C)(C)C)C1. The minimum absolute atomic E-state index is 0.160. The van der Waals surface area contributed by atoms with Crippen molar-refractivity contribution in [2.45, 2.75) is 96.4 Å². The molecule has 0 saturated carbocycles. The summed E-state index contributed by atoms with van der Waals surface area (Å²) in [5, 5.41) is 0.418. The van der Waals surface area contributed by atoms with E-state index in [0.717, 1.165) is 26.1 Å². The number of likely N-dealkylation sites (tertiary alicyclic amines) is 1. The van der Waals surface area contributed by atoms with Crippen molar-refractivity contribution in [2.24, 2.45) is 0 Å². The van der Waals surface area contributed by atoms with Crippen LogP contribution in [-0.4, -0.2) is 53.4 Å². The fourth-order valence-electron chi connectivity index (χ4n) is 2.56. The standard InChI is InChI=1S/C20H41NO2Si2/c1-12-13-14-21-15-17(22-24(8,9)19(2,3)4)18(16-21)23-25(10,11)20(5,6)7/h1,17-18H,13-16H2,2-11H3/t17-,18-/m0/s1. The van der Waals surface area contributed by atoms with Crippen LogP contribution in [0.25, 0.3) is 0 Å². The lowest BCUT2D eigenvalue weighted by atomic mass is 10.2. The van der Waals surface area contributed by atoms with Gasteiger partial charge in [0.25, 0.3) is 0 Å². The van der Waals surface area contributed by atoms with Crippen LogP contribution in [0.3, 0.4) is 0 Å². The predicted molar refractivity (Wildman–Crippen MR) is 114 cm³/mol. The Morgan fingerprint density at radius 3 is 1.52 bits per heavy atom. The van der Waals surface area contributed by atoms with E-state index in [0.29, 0.717) is 0 Å². The molecular formula is C20H41NO2Si2. The molecule has 5 heteroatoms. The van der Waals surface area contributed by atoms with Gasteiger partial charge in [0.1, 0.15) is 0 Å². The van der Waals surface area contributed by atoms with Crippen LogP contribution in [0.5, 0.6) is 0 Å². The molecule has 3 nitrogen and oxygen atoms in total. The topological polar surface area (TPSA) is 21.7 Å². The average molecular weight is 384 g/mol. The number of nitrogens with zero attached hydrogens (tertiary/aromatic N) is 1.